The molecule has 0 saturated carbocycles. The van der Waals surface area contributed by atoms with E-state index in [0.717, 1.165) is 33.8 Å². The lowest BCUT2D eigenvalue weighted by atomic mass is 9.79. The summed E-state index contributed by atoms with van der Waals surface area (Å²) >= 11 is 0. The fourth-order valence-electron chi connectivity index (χ4n) is 9.13. The second-order valence-corrected chi connectivity index (χ2v) is 15.2. The number of para-hydroxylation sites is 3. The Labute approximate surface area is 320 Å². The average molecular weight is 704 g/mol. The van der Waals surface area contributed by atoms with Crippen molar-refractivity contribution in [2.45, 2.75) is 19.3 Å². The van der Waals surface area contributed by atoms with Crippen molar-refractivity contribution < 1.29 is 0 Å². The average Bonchev–Trinajstić information content (AvgIpc) is 3.87. The van der Waals surface area contributed by atoms with Crippen LogP contribution in [0.25, 0.3) is 89.0 Å². The summed E-state index contributed by atoms with van der Waals surface area (Å²) in [4.78, 5) is 5.15. The molecule has 1 aliphatic carbocycles. The smallest absolute Gasteiger partial charge is 0.145 e. The normalized spacial score (nSPS) is 13.1. The van der Waals surface area contributed by atoms with Gasteiger partial charge in [-0.05, 0) is 117 Å². The van der Waals surface area contributed by atoms with Crippen molar-refractivity contribution in [2.75, 3.05) is 0 Å². The molecular weight excluding hydrogens is 667 g/mol. The summed E-state index contributed by atoms with van der Waals surface area (Å²) in [6, 6.07) is 68.1. The van der Waals surface area contributed by atoms with Crippen molar-refractivity contribution in [3.05, 3.63) is 199 Å². The van der Waals surface area contributed by atoms with Crippen LogP contribution in [-0.2, 0) is 5.41 Å². The van der Waals surface area contributed by atoms with Gasteiger partial charge in [0.05, 0.1) is 22.1 Å². The zero-order valence-corrected chi connectivity index (χ0v) is 30.7. The predicted molar refractivity (Wildman–Crippen MR) is 229 cm³/mol. The monoisotopic (exact) mass is 703 g/mol. The van der Waals surface area contributed by atoms with E-state index in [0.29, 0.717) is 0 Å². The van der Waals surface area contributed by atoms with Gasteiger partial charge in [0.2, 0.25) is 0 Å². The molecule has 0 unspecified atom stereocenters. The SMILES string of the molecule is CC1(C)c2cc(-c3ccccc3)ccc2-c2ccc3c(c21)c1cc(-c2ccccc2)ccc1n3-c1ccc(-c2nc3ccccc3n2-c2ccccc2)cc1. The Morgan fingerprint density at radius 3 is 1.71 bits per heavy atom. The fourth-order valence-corrected chi connectivity index (χ4v) is 9.13. The topological polar surface area (TPSA) is 22.8 Å². The minimum absolute atomic E-state index is 0.211. The number of hydrogen-bond donors (Lipinski definition) is 0. The molecule has 0 N–H and O–H groups in total. The van der Waals surface area contributed by atoms with Gasteiger partial charge in [-0.1, -0.05) is 129 Å². The van der Waals surface area contributed by atoms with Gasteiger partial charge in [-0.15, -0.1) is 0 Å². The Hall–Kier alpha value is -6.97. The van der Waals surface area contributed by atoms with Gasteiger partial charge in [-0.25, -0.2) is 4.98 Å². The van der Waals surface area contributed by atoms with E-state index < -0.39 is 0 Å². The molecule has 0 fully saturated rings. The molecule has 260 valence electrons. The van der Waals surface area contributed by atoms with Crippen LogP contribution in [-0.4, -0.2) is 14.1 Å². The molecule has 2 aromatic heterocycles. The van der Waals surface area contributed by atoms with E-state index in [9.17, 15) is 0 Å². The summed E-state index contributed by atoms with van der Waals surface area (Å²) in [7, 11) is 0. The van der Waals surface area contributed by atoms with Crippen LogP contribution >= 0.6 is 0 Å². The third-order valence-corrected chi connectivity index (χ3v) is 11.7. The zero-order chi connectivity index (χ0) is 36.7. The number of hydrogen-bond acceptors (Lipinski definition) is 1. The highest BCUT2D eigenvalue weighted by Gasteiger charge is 2.38. The predicted octanol–water partition coefficient (Wildman–Crippen LogP) is 13.4. The van der Waals surface area contributed by atoms with E-state index >= 15 is 0 Å². The van der Waals surface area contributed by atoms with Crippen LogP contribution in [0.2, 0.25) is 0 Å². The molecule has 0 amide bonds. The maximum atomic E-state index is 5.15. The summed E-state index contributed by atoms with van der Waals surface area (Å²) in [6.07, 6.45) is 0. The third-order valence-electron chi connectivity index (χ3n) is 11.7. The maximum Gasteiger partial charge on any atom is 0.145 e. The van der Waals surface area contributed by atoms with Crippen molar-refractivity contribution >= 4 is 32.8 Å². The molecule has 0 bridgehead atoms. The molecule has 0 radical (unpaired) electrons. The van der Waals surface area contributed by atoms with Crippen LogP contribution in [0.3, 0.4) is 0 Å². The minimum Gasteiger partial charge on any atom is -0.309 e. The molecule has 8 aromatic carbocycles. The van der Waals surface area contributed by atoms with E-state index in [1.165, 1.54) is 66.3 Å². The van der Waals surface area contributed by atoms with Gasteiger partial charge in [0.15, 0.2) is 0 Å². The number of nitrogens with zero attached hydrogens (tertiary/aromatic N) is 3. The molecule has 1 aliphatic rings. The molecule has 10 aromatic rings. The highest BCUT2D eigenvalue weighted by molar-refractivity contribution is 6.15. The minimum atomic E-state index is -0.211. The van der Waals surface area contributed by atoms with Crippen LogP contribution < -0.4 is 0 Å². The first-order valence-electron chi connectivity index (χ1n) is 19.1. The number of benzene rings is 8. The molecule has 0 spiro atoms. The quantitative estimate of drug-likeness (QED) is 0.175. The summed E-state index contributed by atoms with van der Waals surface area (Å²) in [5, 5.41) is 2.59. The van der Waals surface area contributed by atoms with Gasteiger partial charge < -0.3 is 4.57 Å². The van der Waals surface area contributed by atoms with Gasteiger partial charge in [-0.2, -0.15) is 0 Å². The second kappa shape index (κ2) is 12.0. The first kappa shape index (κ1) is 31.5. The zero-order valence-electron chi connectivity index (χ0n) is 30.7. The summed E-state index contributed by atoms with van der Waals surface area (Å²) in [5.41, 5.74) is 17.9. The molecule has 0 aliphatic heterocycles. The lowest BCUT2D eigenvalue weighted by molar-refractivity contribution is 0.667. The van der Waals surface area contributed by atoms with Crippen LogP contribution in [0.15, 0.2) is 188 Å². The highest BCUT2D eigenvalue weighted by Crippen LogP contribution is 2.54. The fraction of sp³-hybridized carbons (Fsp3) is 0.0577. The summed E-state index contributed by atoms with van der Waals surface area (Å²) in [5.74, 6) is 0.931. The first-order valence-corrected chi connectivity index (χ1v) is 19.1. The van der Waals surface area contributed by atoms with Crippen LogP contribution in [0.4, 0.5) is 0 Å². The van der Waals surface area contributed by atoms with Crippen LogP contribution in [0.1, 0.15) is 25.0 Å². The Balaban J connectivity index is 1.12. The molecule has 0 saturated heterocycles. The van der Waals surface area contributed by atoms with E-state index in [2.05, 4.69) is 211 Å². The van der Waals surface area contributed by atoms with Crippen molar-refractivity contribution in [1.82, 2.24) is 14.1 Å². The third kappa shape index (κ3) is 4.79. The Morgan fingerprint density at radius 2 is 0.982 bits per heavy atom. The number of fused-ring (bicyclic) bond motifs is 8. The van der Waals surface area contributed by atoms with Gasteiger partial charge >= 0.3 is 0 Å². The van der Waals surface area contributed by atoms with E-state index in [4.69, 9.17) is 4.98 Å². The van der Waals surface area contributed by atoms with Crippen molar-refractivity contribution in [1.29, 1.82) is 0 Å². The molecule has 11 rings (SSSR count). The molecule has 0 atom stereocenters. The van der Waals surface area contributed by atoms with Crippen molar-refractivity contribution in [3.63, 3.8) is 0 Å². The van der Waals surface area contributed by atoms with Crippen LogP contribution in [0.5, 0.6) is 0 Å². The summed E-state index contributed by atoms with van der Waals surface area (Å²) < 4.78 is 4.72. The van der Waals surface area contributed by atoms with Gasteiger partial charge in [0.25, 0.3) is 0 Å². The van der Waals surface area contributed by atoms with Gasteiger partial charge in [0, 0.05) is 33.1 Å². The lowest BCUT2D eigenvalue weighted by Crippen LogP contribution is -2.15. The van der Waals surface area contributed by atoms with Crippen molar-refractivity contribution in [2.24, 2.45) is 0 Å². The molecule has 3 nitrogen and oxygen atoms in total. The standard InChI is InChI=1S/C52H37N3/c1-52(2)44-33-38(35-16-8-4-9-17-35)24-28-41(44)42-29-31-48-49(50(42)52)43-32-37(34-14-6-3-7-15-34)25-30-46(43)54(48)40-26-22-36(23-27-40)51-53-45-20-12-13-21-47(45)55(51)39-18-10-5-11-19-39/h3-33H,1-2H3. The second-order valence-electron chi connectivity index (χ2n) is 15.2. The highest BCUT2D eigenvalue weighted by atomic mass is 15.1. The number of imidazole rings is 1. The summed E-state index contributed by atoms with van der Waals surface area (Å²) in [6.45, 7) is 4.81. The van der Waals surface area contributed by atoms with E-state index in [1.54, 1.807) is 0 Å². The van der Waals surface area contributed by atoms with Gasteiger partial charge in [0.1, 0.15) is 5.82 Å². The van der Waals surface area contributed by atoms with E-state index in [-0.39, 0.29) is 5.41 Å². The Morgan fingerprint density at radius 1 is 0.418 bits per heavy atom. The molecular formula is C52H37N3. The Bertz CT molecular complexity index is 3080. The lowest BCUT2D eigenvalue weighted by Gasteiger charge is -2.23. The van der Waals surface area contributed by atoms with Crippen LogP contribution in [0, 0.1) is 0 Å². The first-order chi connectivity index (χ1) is 27.0. The van der Waals surface area contributed by atoms with Crippen molar-refractivity contribution in [3.8, 4) is 56.1 Å². The molecule has 55 heavy (non-hydrogen) atoms. The van der Waals surface area contributed by atoms with E-state index in [1.807, 2.05) is 0 Å². The number of rotatable bonds is 5. The molecule has 2 heterocycles. The van der Waals surface area contributed by atoms with Gasteiger partial charge in [-0.3, -0.25) is 4.57 Å². The largest absolute Gasteiger partial charge is 0.309 e. The number of aromatic nitrogens is 3. The maximum absolute atomic E-state index is 5.15. The Kier molecular flexibility index (Phi) is 6.90. The molecule has 3 heteroatoms.